The number of carbonyl (C=O) groups excluding carboxylic acids is 1. The van der Waals surface area contributed by atoms with Crippen molar-refractivity contribution in [1.29, 1.82) is 0 Å². The number of nitrogens with one attached hydrogen (secondary N) is 2. The maximum atomic E-state index is 10.6. The number of nitrogens with zero attached hydrogens (tertiary/aromatic N) is 1. The molecule has 0 aliphatic carbocycles. The molecule has 0 radical (unpaired) electrons. The van der Waals surface area contributed by atoms with E-state index in [1.54, 1.807) is 14.1 Å². The van der Waals surface area contributed by atoms with Crippen LogP contribution in [0.3, 0.4) is 0 Å². The first-order chi connectivity index (χ1) is 14.5. The van der Waals surface area contributed by atoms with Crippen LogP contribution in [0.1, 0.15) is 81.1 Å². The third kappa shape index (κ3) is 18.6. The molecule has 0 saturated carbocycles. The molecule has 0 aliphatic heterocycles. The van der Waals surface area contributed by atoms with Crippen molar-refractivity contribution in [3.05, 3.63) is 0 Å². The van der Waals surface area contributed by atoms with Gasteiger partial charge in [-0.15, -0.1) is 0 Å². The lowest BCUT2D eigenvalue weighted by Gasteiger charge is -2.37. The first-order valence-electron chi connectivity index (χ1n) is 11.7. The van der Waals surface area contributed by atoms with E-state index in [1.807, 2.05) is 0 Å². The smallest absolute Gasteiger partial charge is 0.234 e. The minimum absolute atomic E-state index is 0.0690. The quantitative estimate of drug-likeness (QED) is 0.121. The minimum Gasteiger partial charge on any atom is -0.375 e. The zero-order valence-corrected chi connectivity index (χ0v) is 23.4. The van der Waals surface area contributed by atoms with Crippen LogP contribution in [0.15, 0.2) is 4.99 Å². The topological polar surface area (TPSA) is 115 Å². The fourth-order valence-electron chi connectivity index (χ4n) is 3.76. The Morgan fingerprint density at radius 3 is 2.09 bits per heavy atom. The summed E-state index contributed by atoms with van der Waals surface area (Å²) in [6.07, 6.45) is 3.62. The number of amides is 1. The molecule has 6 N–H and O–H groups in total. The van der Waals surface area contributed by atoms with Crippen LogP contribution >= 0.6 is 12.6 Å². The van der Waals surface area contributed by atoms with Crippen molar-refractivity contribution in [2.45, 2.75) is 92.7 Å². The standard InChI is InChI=1S/C16H34OS.C8H19N5O/c1-13(2)9-14(3,4)11-17-16(7,8)10-15(5,6)12-18;1-11-8(12-2)13-5-3-4-6(9)7(10)14/h13,18H,9-12H2,1-8H3;6H,3-5,9H2,1-2H3,(H2,10,14)(H2,11,12,13). The van der Waals surface area contributed by atoms with E-state index >= 15 is 0 Å². The first-order valence-corrected chi connectivity index (χ1v) is 12.3. The number of hydrogen-bond acceptors (Lipinski definition) is 5. The van der Waals surface area contributed by atoms with Crippen LogP contribution in [-0.4, -0.2) is 56.5 Å². The van der Waals surface area contributed by atoms with Crippen LogP contribution < -0.4 is 22.1 Å². The average Bonchev–Trinajstić information content (AvgIpc) is 2.65. The summed E-state index contributed by atoms with van der Waals surface area (Å²) >= 11 is 4.43. The van der Waals surface area contributed by atoms with Gasteiger partial charge < -0.3 is 26.8 Å². The molecule has 1 unspecified atom stereocenters. The van der Waals surface area contributed by atoms with E-state index in [0.717, 1.165) is 37.1 Å². The van der Waals surface area contributed by atoms with E-state index in [-0.39, 0.29) is 16.4 Å². The van der Waals surface area contributed by atoms with E-state index in [1.165, 1.54) is 6.42 Å². The van der Waals surface area contributed by atoms with Gasteiger partial charge in [0.1, 0.15) is 0 Å². The Labute approximate surface area is 203 Å². The van der Waals surface area contributed by atoms with Crippen molar-refractivity contribution in [2.75, 3.05) is 33.0 Å². The van der Waals surface area contributed by atoms with E-state index < -0.39 is 11.9 Å². The number of aliphatic imine (C=N–C) groups is 1. The van der Waals surface area contributed by atoms with Crippen LogP contribution in [0, 0.1) is 16.7 Å². The molecule has 0 heterocycles. The molecule has 0 spiro atoms. The normalized spacial score (nSPS) is 14.0. The number of thiol groups is 1. The summed E-state index contributed by atoms with van der Waals surface area (Å²) in [5.41, 5.74) is 10.9. The van der Waals surface area contributed by atoms with Crippen molar-refractivity contribution in [2.24, 2.45) is 33.2 Å². The summed E-state index contributed by atoms with van der Waals surface area (Å²) in [5, 5.41) is 5.92. The summed E-state index contributed by atoms with van der Waals surface area (Å²) < 4.78 is 6.20. The van der Waals surface area contributed by atoms with E-state index in [4.69, 9.17) is 16.2 Å². The highest BCUT2D eigenvalue weighted by molar-refractivity contribution is 7.80. The van der Waals surface area contributed by atoms with E-state index in [9.17, 15) is 4.79 Å². The zero-order chi connectivity index (χ0) is 25.6. The molecule has 0 aliphatic rings. The molecule has 32 heavy (non-hydrogen) atoms. The van der Waals surface area contributed by atoms with Gasteiger partial charge in [0.2, 0.25) is 5.91 Å². The van der Waals surface area contributed by atoms with Gasteiger partial charge in [-0.05, 0) is 62.0 Å². The number of carbonyl (C=O) groups is 1. The number of ether oxygens (including phenoxy) is 1. The van der Waals surface area contributed by atoms with Gasteiger partial charge in [0.15, 0.2) is 5.96 Å². The fraction of sp³-hybridized carbons (Fsp3) is 0.917. The molecule has 192 valence electrons. The summed E-state index contributed by atoms with van der Waals surface area (Å²) in [4.78, 5) is 14.5. The number of guanidine groups is 1. The third-order valence-electron chi connectivity index (χ3n) is 4.96. The second kappa shape index (κ2) is 15.8. The monoisotopic (exact) mass is 475 g/mol. The van der Waals surface area contributed by atoms with E-state index in [0.29, 0.717) is 13.0 Å². The first kappa shape index (κ1) is 33.2. The van der Waals surface area contributed by atoms with Crippen molar-refractivity contribution >= 4 is 24.5 Å². The van der Waals surface area contributed by atoms with Crippen molar-refractivity contribution in [1.82, 2.24) is 10.6 Å². The van der Waals surface area contributed by atoms with Gasteiger partial charge in [-0.2, -0.15) is 12.6 Å². The molecule has 8 heteroatoms. The molecule has 0 rings (SSSR count). The maximum Gasteiger partial charge on any atom is 0.234 e. The predicted molar refractivity (Wildman–Crippen MR) is 142 cm³/mol. The number of rotatable bonds is 13. The van der Waals surface area contributed by atoms with Crippen LogP contribution in [0.5, 0.6) is 0 Å². The Morgan fingerprint density at radius 2 is 1.69 bits per heavy atom. The van der Waals surface area contributed by atoms with Crippen LogP contribution in [0.25, 0.3) is 0 Å². The Bertz CT molecular complexity index is 549. The molecule has 0 bridgehead atoms. The lowest BCUT2D eigenvalue weighted by Crippen LogP contribution is -2.38. The zero-order valence-electron chi connectivity index (χ0n) is 22.5. The number of hydrogen-bond donors (Lipinski definition) is 5. The lowest BCUT2D eigenvalue weighted by molar-refractivity contribution is -0.119. The number of primary amides is 1. The molecule has 0 fully saturated rings. The van der Waals surface area contributed by atoms with Gasteiger partial charge in [0.05, 0.1) is 18.2 Å². The molecule has 0 saturated heterocycles. The van der Waals surface area contributed by atoms with Crippen LogP contribution in [-0.2, 0) is 9.53 Å². The Balaban J connectivity index is 0. The van der Waals surface area contributed by atoms with Gasteiger partial charge >= 0.3 is 0 Å². The van der Waals surface area contributed by atoms with Crippen LogP contribution in [0.2, 0.25) is 0 Å². The molecular weight excluding hydrogens is 422 g/mol. The highest BCUT2D eigenvalue weighted by Gasteiger charge is 2.31. The molecule has 0 aromatic heterocycles. The Kier molecular flexibility index (Phi) is 16.4. The van der Waals surface area contributed by atoms with Gasteiger partial charge in [-0.25, -0.2) is 0 Å². The summed E-state index contributed by atoms with van der Waals surface area (Å²) in [6, 6.07) is -0.548. The third-order valence-corrected chi connectivity index (χ3v) is 5.81. The second-order valence-corrected chi connectivity index (χ2v) is 11.5. The molecule has 1 amide bonds. The van der Waals surface area contributed by atoms with Crippen LogP contribution in [0.4, 0.5) is 0 Å². The molecule has 0 aromatic carbocycles. The highest BCUT2D eigenvalue weighted by Crippen LogP contribution is 2.33. The van der Waals surface area contributed by atoms with Crippen molar-refractivity contribution in [3.63, 3.8) is 0 Å². The van der Waals surface area contributed by atoms with Crippen molar-refractivity contribution in [3.8, 4) is 0 Å². The second-order valence-electron chi connectivity index (χ2n) is 11.2. The minimum atomic E-state index is -0.548. The van der Waals surface area contributed by atoms with Gasteiger partial charge in [-0.3, -0.25) is 9.79 Å². The van der Waals surface area contributed by atoms with Gasteiger partial charge in [0, 0.05) is 20.6 Å². The lowest BCUT2D eigenvalue weighted by atomic mass is 9.82. The largest absolute Gasteiger partial charge is 0.375 e. The Hall–Kier alpha value is -0.990. The van der Waals surface area contributed by atoms with Gasteiger partial charge in [-0.1, -0.05) is 41.5 Å². The van der Waals surface area contributed by atoms with Gasteiger partial charge in [0.25, 0.3) is 0 Å². The molecule has 1 atom stereocenters. The van der Waals surface area contributed by atoms with E-state index in [2.05, 4.69) is 83.6 Å². The molecule has 0 aromatic rings. The SMILES string of the molecule is CC(C)CC(C)(C)COC(C)(C)CC(C)(C)CS.CN=C(NC)NCCCC(N)C(N)=O. The highest BCUT2D eigenvalue weighted by atomic mass is 32.1. The van der Waals surface area contributed by atoms with Crippen molar-refractivity contribution < 1.29 is 9.53 Å². The summed E-state index contributed by atoms with van der Waals surface area (Å²) in [7, 11) is 3.47. The average molecular weight is 476 g/mol. The Morgan fingerprint density at radius 1 is 1.12 bits per heavy atom. The molecular formula is C24H53N5O2S. The molecule has 7 nitrogen and oxygen atoms in total. The predicted octanol–water partition coefficient (Wildman–Crippen LogP) is 3.57. The summed E-state index contributed by atoms with van der Waals surface area (Å²) in [6.45, 7) is 19.6. The summed E-state index contributed by atoms with van der Waals surface area (Å²) in [5.74, 6) is 1.89. The number of nitrogens with two attached hydrogens (primary N) is 2. The fourth-order valence-corrected chi connectivity index (χ4v) is 3.88. The maximum absolute atomic E-state index is 10.6.